The van der Waals surface area contributed by atoms with E-state index in [0.717, 1.165) is 0 Å². The number of amides is 1. The largest absolute Gasteiger partial charge is 0.394 e. The highest BCUT2D eigenvalue weighted by atomic mass is 16.6. The summed E-state index contributed by atoms with van der Waals surface area (Å²) in [4.78, 5) is 10.9. The van der Waals surface area contributed by atoms with E-state index < -0.39 is 37.3 Å². The van der Waals surface area contributed by atoms with Crippen molar-refractivity contribution >= 4 is 17.3 Å². The minimum absolute atomic E-state index is 0.186. The van der Waals surface area contributed by atoms with Gasteiger partial charge < -0.3 is 35.8 Å². The minimum Gasteiger partial charge on any atom is -0.394 e. The van der Waals surface area contributed by atoms with Gasteiger partial charge in [0.1, 0.15) is 24.4 Å². The second-order valence-electron chi connectivity index (χ2n) is 5.15. The first-order valence-corrected chi connectivity index (χ1v) is 6.87. The van der Waals surface area contributed by atoms with Crippen LogP contribution in [0.15, 0.2) is 24.3 Å². The summed E-state index contributed by atoms with van der Waals surface area (Å²) in [7, 11) is 0. The van der Waals surface area contributed by atoms with E-state index in [4.69, 9.17) is 9.84 Å². The number of anilines is 2. The fraction of sp³-hybridized carbons (Fsp3) is 0.500. The summed E-state index contributed by atoms with van der Waals surface area (Å²) in [6.07, 6.45) is -6.12. The smallest absolute Gasteiger partial charge is 0.221 e. The van der Waals surface area contributed by atoms with Gasteiger partial charge in [0.25, 0.3) is 0 Å². The van der Waals surface area contributed by atoms with Crippen LogP contribution in [0.25, 0.3) is 0 Å². The van der Waals surface area contributed by atoms with Crippen LogP contribution in [-0.2, 0) is 9.53 Å². The fourth-order valence-electron chi connectivity index (χ4n) is 2.24. The van der Waals surface area contributed by atoms with Crippen LogP contribution in [0.5, 0.6) is 0 Å². The molecule has 8 nitrogen and oxygen atoms in total. The lowest BCUT2D eigenvalue weighted by atomic mass is 9.98. The molecular weight excluding hydrogens is 292 g/mol. The van der Waals surface area contributed by atoms with E-state index in [9.17, 15) is 20.1 Å². The maximum absolute atomic E-state index is 10.9. The molecule has 122 valence electrons. The van der Waals surface area contributed by atoms with E-state index in [1.807, 2.05) is 0 Å². The molecule has 0 radical (unpaired) electrons. The van der Waals surface area contributed by atoms with Crippen LogP contribution < -0.4 is 10.6 Å². The summed E-state index contributed by atoms with van der Waals surface area (Å²) in [6.45, 7) is 0.921. The second kappa shape index (κ2) is 7.03. The van der Waals surface area contributed by atoms with Crippen molar-refractivity contribution in [3.63, 3.8) is 0 Å². The molecule has 1 heterocycles. The summed E-state index contributed by atoms with van der Waals surface area (Å²) < 4.78 is 5.34. The van der Waals surface area contributed by atoms with Gasteiger partial charge in [0.05, 0.1) is 6.61 Å². The molecule has 0 spiro atoms. The molecular formula is C14H20N2O6. The van der Waals surface area contributed by atoms with Crippen molar-refractivity contribution in [2.75, 3.05) is 17.2 Å². The van der Waals surface area contributed by atoms with E-state index in [0.29, 0.717) is 11.4 Å². The maximum atomic E-state index is 10.9. The average Bonchev–Trinajstić information content (AvgIpc) is 2.49. The Kier molecular flexibility index (Phi) is 5.33. The first kappa shape index (κ1) is 16.7. The van der Waals surface area contributed by atoms with Gasteiger partial charge in [-0.25, -0.2) is 0 Å². The number of hydrogen-bond acceptors (Lipinski definition) is 7. The van der Waals surface area contributed by atoms with Crippen molar-refractivity contribution in [3.05, 3.63) is 24.3 Å². The molecule has 22 heavy (non-hydrogen) atoms. The second-order valence-corrected chi connectivity index (χ2v) is 5.15. The van der Waals surface area contributed by atoms with E-state index in [1.165, 1.54) is 6.92 Å². The Balaban J connectivity index is 2.04. The summed E-state index contributed by atoms with van der Waals surface area (Å²) in [5.41, 5.74) is 1.20. The van der Waals surface area contributed by atoms with Gasteiger partial charge in [-0.05, 0) is 24.3 Å². The van der Waals surface area contributed by atoms with Crippen molar-refractivity contribution in [1.29, 1.82) is 0 Å². The van der Waals surface area contributed by atoms with E-state index in [2.05, 4.69) is 10.6 Å². The summed E-state index contributed by atoms with van der Waals surface area (Å²) in [5, 5.41) is 43.9. The van der Waals surface area contributed by atoms with E-state index in [-0.39, 0.29) is 5.91 Å². The molecule has 1 fully saturated rings. The Morgan fingerprint density at radius 2 is 1.68 bits per heavy atom. The average molecular weight is 312 g/mol. The van der Waals surface area contributed by atoms with Crippen molar-refractivity contribution in [2.45, 2.75) is 37.6 Å². The predicted molar refractivity (Wildman–Crippen MR) is 78.1 cm³/mol. The number of aliphatic hydroxyl groups is 4. The van der Waals surface area contributed by atoms with Crippen LogP contribution in [0.4, 0.5) is 11.4 Å². The molecule has 1 amide bonds. The maximum Gasteiger partial charge on any atom is 0.221 e. The van der Waals surface area contributed by atoms with Gasteiger partial charge in [0.2, 0.25) is 5.91 Å². The highest BCUT2D eigenvalue weighted by Crippen LogP contribution is 2.23. The molecule has 0 bridgehead atoms. The van der Waals surface area contributed by atoms with Gasteiger partial charge >= 0.3 is 0 Å². The number of carbonyl (C=O) groups is 1. The third kappa shape index (κ3) is 3.73. The lowest BCUT2D eigenvalue weighted by Gasteiger charge is -2.40. The van der Waals surface area contributed by atoms with Crippen LogP contribution in [0.2, 0.25) is 0 Å². The molecule has 1 saturated heterocycles. The fourth-order valence-corrected chi connectivity index (χ4v) is 2.24. The first-order valence-electron chi connectivity index (χ1n) is 6.87. The zero-order valence-electron chi connectivity index (χ0n) is 12.0. The Labute approximate surface area is 127 Å². The van der Waals surface area contributed by atoms with Crippen LogP contribution >= 0.6 is 0 Å². The van der Waals surface area contributed by atoms with Crippen LogP contribution in [0.3, 0.4) is 0 Å². The molecule has 0 aliphatic carbocycles. The monoisotopic (exact) mass is 312 g/mol. The number of benzene rings is 1. The van der Waals surface area contributed by atoms with Gasteiger partial charge in [-0.1, -0.05) is 0 Å². The number of hydrogen-bond donors (Lipinski definition) is 6. The summed E-state index contributed by atoms with van der Waals surface area (Å²) >= 11 is 0. The minimum atomic E-state index is -1.43. The lowest BCUT2D eigenvalue weighted by molar-refractivity contribution is -0.221. The molecule has 2 rings (SSSR count). The molecule has 0 aromatic heterocycles. The standard InChI is InChI=1S/C14H20N2O6/c1-7(18)15-8-2-4-9(5-3-8)16-14-13(21)12(20)11(19)10(6-17)22-14/h2-5,10-14,16-17,19-21H,6H2,1H3,(H,15,18)/t10-,11+,12+,13+,14+/m0/s1. The van der Waals surface area contributed by atoms with Crippen molar-refractivity contribution in [1.82, 2.24) is 0 Å². The number of ether oxygens (including phenoxy) is 1. The summed E-state index contributed by atoms with van der Waals surface area (Å²) in [5.74, 6) is -0.186. The molecule has 0 saturated carbocycles. The molecule has 1 aromatic rings. The van der Waals surface area contributed by atoms with Gasteiger partial charge in [0.15, 0.2) is 6.23 Å². The van der Waals surface area contributed by atoms with Gasteiger partial charge in [-0.2, -0.15) is 0 Å². The van der Waals surface area contributed by atoms with E-state index in [1.54, 1.807) is 24.3 Å². The first-order chi connectivity index (χ1) is 10.4. The Hall–Kier alpha value is -1.71. The molecule has 6 N–H and O–H groups in total. The lowest BCUT2D eigenvalue weighted by Crippen LogP contribution is -2.60. The normalized spacial score (nSPS) is 31.6. The molecule has 8 heteroatoms. The Morgan fingerprint density at radius 1 is 1.09 bits per heavy atom. The quantitative estimate of drug-likeness (QED) is 0.414. The number of rotatable bonds is 4. The number of aliphatic hydroxyl groups excluding tert-OH is 4. The number of nitrogens with one attached hydrogen (secondary N) is 2. The topological polar surface area (TPSA) is 131 Å². The third-order valence-corrected chi connectivity index (χ3v) is 3.41. The highest BCUT2D eigenvalue weighted by molar-refractivity contribution is 5.88. The zero-order chi connectivity index (χ0) is 16.3. The molecule has 1 aliphatic heterocycles. The van der Waals surface area contributed by atoms with Crippen LogP contribution in [-0.4, -0.2) is 63.6 Å². The highest BCUT2D eigenvalue weighted by Gasteiger charge is 2.43. The van der Waals surface area contributed by atoms with Crippen LogP contribution in [0, 0.1) is 0 Å². The van der Waals surface area contributed by atoms with Crippen LogP contribution in [0.1, 0.15) is 6.92 Å². The van der Waals surface area contributed by atoms with Crippen molar-refractivity contribution < 1.29 is 30.0 Å². The molecule has 1 aromatic carbocycles. The zero-order valence-corrected chi connectivity index (χ0v) is 12.0. The summed E-state index contributed by atoms with van der Waals surface area (Å²) in [6, 6.07) is 6.64. The third-order valence-electron chi connectivity index (χ3n) is 3.41. The molecule has 0 unspecified atom stereocenters. The van der Waals surface area contributed by atoms with Gasteiger partial charge in [0, 0.05) is 18.3 Å². The van der Waals surface area contributed by atoms with Crippen molar-refractivity contribution in [2.24, 2.45) is 0 Å². The number of carbonyl (C=O) groups excluding carboxylic acids is 1. The predicted octanol–water partition coefficient (Wildman–Crippen LogP) is -1.14. The Bertz CT molecular complexity index is 507. The Morgan fingerprint density at radius 3 is 2.23 bits per heavy atom. The van der Waals surface area contributed by atoms with Gasteiger partial charge in [-0.3, -0.25) is 4.79 Å². The SMILES string of the molecule is CC(=O)Nc1ccc(N[C@@H]2O[C@@H](CO)[C@@H](O)[C@@H](O)[C@H]2O)cc1. The molecule has 5 atom stereocenters. The van der Waals surface area contributed by atoms with Gasteiger partial charge in [-0.15, -0.1) is 0 Å². The van der Waals surface area contributed by atoms with E-state index >= 15 is 0 Å². The molecule has 1 aliphatic rings. The van der Waals surface area contributed by atoms with Crippen molar-refractivity contribution in [3.8, 4) is 0 Å².